The highest BCUT2D eigenvalue weighted by molar-refractivity contribution is 7.93. The van der Waals surface area contributed by atoms with E-state index in [0.29, 0.717) is 10.7 Å². The molecule has 1 N–H and O–H groups in total. The van der Waals surface area contributed by atoms with Crippen LogP contribution in [0.1, 0.15) is 45.9 Å². The van der Waals surface area contributed by atoms with Crippen LogP contribution in [0, 0.1) is 6.92 Å². The van der Waals surface area contributed by atoms with Crippen molar-refractivity contribution in [1.29, 1.82) is 0 Å². The van der Waals surface area contributed by atoms with Gasteiger partial charge in [-0.05, 0) is 38.5 Å². The standard InChI is InChI=1S/C18H23ClN2O4S/c1-11-7-8-12(9-13(11)19)26(23,24)18(5,6)16(22)20-15-10-14(21-25-15)17(2,3)4/h7-10H,1-6H3,(H,20,22). The molecule has 0 atom stereocenters. The molecular weight excluding hydrogens is 376 g/mol. The number of anilines is 1. The van der Waals surface area contributed by atoms with E-state index in [9.17, 15) is 13.2 Å². The number of carbonyl (C=O) groups excluding carboxylic acids is 1. The lowest BCUT2D eigenvalue weighted by molar-refractivity contribution is -0.118. The lowest BCUT2D eigenvalue weighted by Crippen LogP contribution is -2.44. The number of amides is 1. The van der Waals surface area contributed by atoms with Gasteiger partial charge in [-0.2, -0.15) is 0 Å². The van der Waals surface area contributed by atoms with Crippen molar-refractivity contribution in [3.63, 3.8) is 0 Å². The monoisotopic (exact) mass is 398 g/mol. The van der Waals surface area contributed by atoms with E-state index in [1.54, 1.807) is 19.1 Å². The third-order valence-corrected chi connectivity index (χ3v) is 7.00. The number of hydrogen-bond acceptors (Lipinski definition) is 5. The number of halogens is 1. The van der Waals surface area contributed by atoms with Crippen molar-refractivity contribution in [3.8, 4) is 0 Å². The van der Waals surface area contributed by atoms with Gasteiger partial charge in [0.2, 0.25) is 11.8 Å². The Morgan fingerprint density at radius 1 is 1.15 bits per heavy atom. The van der Waals surface area contributed by atoms with Crippen molar-refractivity contribution in [2.75, 3.05) is 5.32 Å². The van der Waals surface area contributed by atoms with Crippen LogP contribution in [-0.2, 0) is 20.0 Å². The predicted molar refractivity (Wildman–Crippen MR) is 101 cm³/mol. The summed E-state index contributed by atoms with van der Waals surface area (Å²) in [5.74, 6) is -0.615. The van der Waals surface area contributed by atoms with E-state index >= 15 is 0 Å². The fourth-order valence-corrected chi connectivity index (χ4v) is 3.76. The van der Waals surface area contributed by atoms with Crippen LogP contribution >= 0.6 is 11.6 Å². The van der Waals surface area contributed by atoms with Crippen LogP contribution in [0.2, 0.25) is 5.02 Å². The number of aryl methyl sites for hydroxylation is 1. The molecule has 0 aliphatic heterocycles. The highest BCUT2D eigenvalue weighted by atomic mass is 35.5. The molecule has 1 amide bonds. The van der Waals surface area contributed by atoms with Crippen molar-refractivity contribution >= 4 is 33.2 Å². The Balaban J connectivity index is 2.31. The second kappa shape index (κ2) is 6.70. The molecule has 8 heteroatoms. The number of rotatable bonds is 4. The van der Waals surface area contributed by atoms with Crippen molar-refractivity contribution in [2.24, 2.45) is 0 Å². The molecule has 0 aliphatic carbocycles. The minimum absolute atomic E-state index is 0.0128. The summed E-state index contributed by atoms with van der Waals surface area (Å²) in [5, 5.41) is 6.73. The molecule has 0 spiro atoms. The molecule has 1 aromatic carbocycles. The molecule has 6 nitrogen and oxygen atoms in total. The maximum absolute atomic E-state index is 12.9. The summed E-state index contributed by atoms with van der Waals surface area (Å²) < 4.78 is 29.3. The predicted octanol–water partition coefficient (Wildman–Crippen LogP) is 4.12. The van der Waals surface area contributed by atoms with E-state index in [4.69, 9.17) is 16.1 Å². The Morgan fingerprint density at radius 2 is 1.77 bits per heavy atom. The molecule has 1 aromatic heterocycles. The van der Waals surface area contributed by atoms with Gasteiger partial charge in [-0.1, -0.05) is 43.6 Å². The third kappa shape index (κ3) is 3.78. The molecule has 2 rings (SSSR count). The number of benzene rings is 1. The first-order valence-electron chi connectivity index (χ1n) is 8.06. The molecule has 0 bridgehead atoms. The van der Waals surface area contributed by atoms with Crippen LogP contribution in [0.25, 0.3) is 0 Å². The number of aromatic nitrogens is 1. The minimum atomic E-state index is -3.98. The smallest absolute Gasteiger partial charge is 0.248 e. The van der Waals surface area contributed by atoms with Crippen LogP contribution in [0.15, 0.2) is 33.7 Å². The van der Waals surface area contributed by atoms with E-state index in [-0.39, 0.29) is 16.2 Å². The maximum atomic E-state index is 12.9. The average molecular weight is 399 g/mol. The van der Waals surface area contributed by atoms with E-state index in [1.165, 1.54) is 26.0 Å². The molecule has 0 aliphatic rings. The Bertz CT molecular complexity index is 940. The molecule has 1 heterocycles. The first-order valence-corrected chi connectivity index (χ1v) is 9.92. The highest BCUT2D eigenvalue weighted by Crippen LogP contribution is 2.30. The van der Waals surface area contributed by atoms with Crippen molar-refractivity contribution < 1.29 is 17.7 Å². The summed E-state index contributed by atoms with van der Waals surface area (Å²) in [6, 6.07) is 5.99. The average Bonchev–Trinajstić information content (AvgIpc) is 2.98. The Morgan fingerprint density at radius 3 is 2.27 bits per heavy atom. The summed E-state index contributed by atoms with van der Waals surface area (Å²) in [6.45, 7) is 10.3. The SMILES string of the molecule is Cc1ccc(S(=O)(=O)C(C)(C)C(=O)Nc2cc(C(C)(C)C)no2)cc1Cl. The molecule has 0 unspecified atom stereocenters. The molecule has 2 aromatic rings. The summed E-state index contributed by atoms with van der Waals surface area (Å²) in [7, 11) is -3.98. The van der Waals surface area contributed by atoms with Gasteiger partial charge in [-0.25, -0.2) is 8.42 Å². The second-order valence-electron chi connectivity index (χ2n) is 7.71. The largest absolute Gasteiger partial charge is 0.338 e. The Kier molecular flexibility index (Phi) is 5.27. The van der Waals surface area contributed by atoms with Crippen molar-refractivity contribution in [3.05, 3.63) is 40.5 Å². The van der Waals surface area contributed by atoms with E-state index < -0.39 is 20.5 Å². The Labute approximate surface area is 158 Å². The van der Waals surface area contributed by atoms with Crippen LogP contribution in [-0.4, -0.2) is 24.2 Å². The molecule has 0 saturated carbocycles. The molecule has 0 radical (unpaired) electrons. The number of nitrogens with one attached hydrogen (secondary N) is 1. The van der Waals surface area contributed by atoms with Crippen LogP contribution in [0.4, 0.5) is 5.88 Å². The van der Waals surface area contributed by atoms with Crippen LogP contribution in [0.5, 0.6) is 0 Å². The van der Waals surface area contributed by atoms with Gasteiger partial charge in [0.05, 0.1) is 10.6 Å². The quantitative estimate of drug-likeness (QED) is 0.836. The summed E-state index contributed by atoms with van der Waals surface area (Å²) in [6.07, 6.45) is 0. The van der Waals surface area contributed by atoms with E-state index in [2.05, 4.69) is 10.5 Å². The topological polar surface area (TPSA) is 89.3 Å². The van der Waals surface area contributed by atoms with Crippen LogP contribution < -0.4 is 5.32 Å². The van der Waals surface area contributed by atoms with Gasteiger partial charge >= 0.3 is 0 Å². The summed E-state index contributed by atoms with van der Waals surface area (Å²) in [5.41, 5.74) is 1.15. The summed E-state index contributed by atoms with van der Waals surface area (Å²) in [4.78, 5) is 12.6. The minimum Gasteiger partial charge on any atom is -0.338 e. The third-order valence-electron chi connectivity index (χ3n) is 4.19. The fourth-order valence-electron chi connectivity index (χ4n) is 2.11. The zero-order chi connectivity index (χ0) is 19.9. The van der Waals surface area contributed by atoms with Gasteiger partial charge < -0.3 is 4.52 Å². The number of hydrogen-bond donors (Lipinski definition) is 1. The van der Waals surface area contributed by atoms with Gasteiger partial charge in [0.25, 0.3) is 0 Å². The van der Waals surface area contributed by atoms with Gasteiger partial charge in [-0.15, -0.1) is 0 Å². The van der Waals surface area contributed by atoms with Crippen LogP contribution in [0.3, 0.4) is 0 Å². The highest BCUT2D eigenvalue weighted by Gasteiger charge is 2.43. The van der Waals surface area contributed by atoms with E-state index in [1.807, 2.05) is 20.8 Å². The number of carbonyl (C=O) groups is 1. The lowest BCUT2D eigenvalue weighted by Gasteiger charge is -2.23. The van der Waals surface area contributed by atoms with Gasteiger partial charge in [0.1, 0.15) is 4.75 Å². The number of sulfone groups is 1. The zero-order valence-corrected chi connectivity index (χ0v) is 17.2. The van der Waals surface area contributed by atoms with Crippen molar-refractivity contribution in [2.45, 2.75) is 56.6 Å². The van der Waals surface area contributed by atoms with Crippen molar-refractivity contribution in [1.82, 2.24) is 5.16 Å². The normalized spacial score (nSPS) is 12.9. The number of nitrogens with zero attached hydrogens (tertiary/aromatic N) is 1. The molecule has 26 heavy (non-hydrogen) atoms. The summed E-state index contributed by atoms with van der Waals surface area (Å²) >= 11 is 6.04. The van der Waals surface area contributed by atoms with Gasteiger partial charge in [0.15, 0.2) is 9.84 Å². The molecule has 142 valence electrons. The second-order valence-corrected chi connectivity index (χ2v) is 10.6. The molecule has 0 saturated heterocycles. The lowest BCUT2D eigenvalue weighted by atomic mass is 9.92. The fraction of sp³-hybridized carbons (Fsp3) is 0.444. The van der Waals surface area contributed by atoms with Gasteiger partial charge in [-0.3, -0.25) is 10.1 Å². The molecule has 0 fully saturated rings. The zero-order valence-electron chi connectivity index (χ0n) is 15.7. The molecular formula is C18H23ClN2O4S. The maximum Gasteiger partial charge on any atom is 0.248 e. The Hall–Kier alpha value is -1.86. The first kappa shape index (κ1) is 20.5. The van der Waals surface area contributed by atoms with Gasteiger partial charge in [0, 0.05) is 16.5 Å². The first-order chi connectivity index (χ1) is 11.8. The van der Waals surface area contributed by atoms with E-state index in [0.717, 1.165) is 5.56 Å².